The standard InChI is InChI=1S/C15H17BrN2O2/c1-10-5-6-12(8-14(10)16)18-11(2)15(19)17-9-13-4-3-7-20-13/h3-8,11,18H,9H2,1-2H3,(H,17,19). The molecule has 0 radical (unpaired) electrons. The Labute approximate surface area is 126 Å². The zero-order chi connectivity index (χ0) is 14.5. The van der Waals surface area contributed by atoms with Crippen LogP contribution in [0.4, 0.5) is 5.69 Å². The molecule has 0 aliphatic heterocycles. The van der Waals surface area contributed by atoms with Gasteiger partial charge in [-0.2, -0.15) is 0 Å². The lowest BCUT2D eigenvalue weighted by molar-refractivity contribution is -0.121. The van der Waals surface area contributed by atoms with Gasteiger partial charge in [0, 0.05) is 10.2 Å². The minimum absolute atomic E-state index is 0.0712. The highest BCUT2D eigenvalue weighted by atomic mass is 79.9. The Bertz CT molecular complexity index is 582. The summed E-state index contributed by atoms with van der Waals surface area (Å²) in [5.74, 6) is 0.668. The van der Waals surface area contributed by atoms with Crippen LogP contribution in [0.25, 0.3) is 0 Å². The van der Waals surface area contributed by atoms with Crippen LogP contribution in [0.1, 0.15) is 18.2 Å². The van der Waals surface area contributed by atoms with Gasteiger partial charge in [-0.3, -0.25) is 4.79 Å². The summed E-state index contributed by atoms with van der Waals surface area (Å²) in [6.07, 6.45) is 1.59. The van der Waals surface area contributed by atoms with E-state index in [4.69, 9.17) is 4.42 Å². The summed E-state index contributed by atoms with van der Waals surface area (Å²) in [5.41, 5.74) is 2.06. The molecule has 1 aromatic heterocycles. The molecule has 0 saturated carbocycles. The van der Waals surface area contributed by atoms with E-state index in [1.807, 2.05) is 38.1 Å². The number of hydrogen-bond acceptors (Lipinski definition) is 3. The number of carbonyl (C=O) groups excluding carboxylic acids is 1. The average molecular weight is 337 g/mol. The van der Waals surface area contributed by atoms with E-state index in [2.05, 4.69) is 26.6 Å². The zero-order valence-electron chi connectivity index (χ0n) is 11.4. The third-order valence-electron chi connectivity index (χ3n) is 2.97. The lowest BCUT2D eigenvalue weighted by atomic mass is 10.2. The molecule has 1 aromatic carbocycles. The van der Waals surface area contributed by atoms with Crippen LogP contribution in [-0.2, 0) is 11.3 Å². The van der Waals surface area contributed by atoms with E-state index >= 15 is 0 Å². The van der Waals surface area contributed by atoms with Crippen molar-refractivity contribution in [3.63, 3.8) is 0 Å². The van der Waals surface area contributed by atoms with Crippen molar-refractivity contribution in [3.8, 4) is 0 Å². The van der Waals surface area contributed by atoms with Crippen molar-refractivity contribution >= 4 is 27.5 Å². The number of anilines is 1. The summed E-state index contributed by atoms with van der Waals surface area (Å²) in [5, 5.41) is 5.99. The van der Waals surface area contributed by atoms with Gasteiger partial charge in [-0.1, -0.05) is 22.0 Å². The van der Waals surface area contributed by atoms with Crippen molar-refractivity contribution in [1.82, 2.24) is 5.32 Å². The number of carbonyl (C=O) groups is 1. The largest absolute Gasteiger partial charge is 0.467 e. The third-order valence-corrected chi connectivity index (χ3v) is 3.82. The molecular weight excluding hydrogens is 320 g/mol. The minimum atomic E-state index is -0.320. The quantitative estimate of drug-likeness (QED) is 0.878. The SMILES string of the molecule is Cc1ccc(NC(C)C(=O)NCc2ccco2)cc1Br. The van der Waals surface area contributed by atoms with E-state index in [-0.39, 0.29) is 11.9 Å². The van der Waals surface area contributed by atoms with Gasteiger partial charge in [0.1, 0.15) is 11.8 Å². The van der Waals surface area contributed by atoms with E-state index in [1.165, 1.54) is 0 Å². The monoisotopic (exact) mass is 336 g/mol. The Morgan fingerprint density at radius 3 is 2.85 bits per heavy atom. The number of furan rings is 1. The number of rotatable bonds is 5. The molecule has 1 unspecified atom stereocenters. The van der Waals surface area contributed by atoms with Crippen molar-refractivity contribution in [2.24, 2.45) is 0 Å². The number of amides is 1. The van der Waals surface area contributed by atoms with Gasteiger partial charge in [0.05, 0.1) is 12.8 Å². The summed E-state index contributed by atoms with van der Waals surface area (Å²) >= 11 is 3.48. The molecule has 1 heterocycles. The minimum Gasteiger partial charge on any atom is -0.467 e. The summed E-state index contributed by atoms with van der Waals surface area (Å²) in [6, 6.07) is 9.23. The van der Waals surface area contributed by atoms with Crippen LogP contribution in [0.15, 0.2) is 45.5 Å². The van der Waals surface area contributed by atoms with Crippen LogP contribution in [0.3, 0.4) is 0 Å². The fraction of sp³-hybridized carbons (Fsp3) is 0.267. The molecule has 0 aliphatic rings. The first-order valence-corrected chi connectivity index (χ1v) is 7.18. The molecule has 20 heavy (non-hydrogen) atoms. The average Bonchev–Trinajstić information content (AvgIpc) is 2.93. The van der Waals surface area contributed by atoms with Crippen molar-refractivity contribution < 1.29 is 9.21 Å². The number of halogens is 1. The van der Waals surface area contributed by atoms with Gasteiger partial charge < -0.3 is 15.1 Å². The molecule has 2 rings (SSSR count). The van der Waals surface area contributed by atoms with Crippen molar-refractivity contribution in [2.75, 3.05) is 5.32 Å². The Morgan fingerprint density at radius 1 is 1.40 bits per heavy atom. The van der Waals surface area contributed by atoms with E-state index in [9.17, 15) is 4.79 Å². The Morgan fingerprint density at radius 2 is 2.20 bits per heavy atom. The van der Waals surface area contributed by atoms with Gasteiger partial charge in [-0.05, 0) is 43.7 Å². The maximum atomic E-state index is 12.0. The lowest BCUT2D eigenvalue weighted by Crippen LogP contribution is -2.37. The number of aryl methyl sites for hydroxylation is 1. The van der Waals surface area contributed by atoms with E-state index in [0.717, 1.165) is 21.5 Å². The van der Waals surface area contributed by atoms with Gasteiger partial charge in [-0.15, -0.1) is 0 Å². The smallest absolute Gasteiger partial charge is 0.242 e. The van der Waals surface area contributed by atoms with Crippen LogP contribution < -0.4 is 10.6 Å². The van der Waals surface area contributed by atoms with Crippen LogP contribution in [-0.4, -0.2) is 11.9 Å². The van der Waals surface area contributed by atoms with Gasteiger partial charge in [0.2, 0.25) is 5.91 Å². The van der Waals surface area contributed by atoms with Crippen LogP contribution in [0.2, 0.25) is 0 Å². The van der Waals surface area contributed by atoms with Crippen LogP contribution >= 0.6 is 15.9 Å². The fourth-order valence-electron chi connectivity index (χ4n) is 1.74. The third kappa shape index (κ3) is 3.87. The number of nitrogens with one attached hydrogen (secondary N) is 2. The molecular formula is C15H17BrN2O2. The summed E-state index contributed by atoms with van der Waals surface area (Å²) in [7, 11) is 0. The predicted octanol–water partition coefficient (Wildman–Crippen LogP) is 3.47. The molecule has 0 aliphatic carbocycles. The topological polar surface area (TPSA) is 54.3 Å². The summed E-state index contributed by atoms with van der Waals surface area (Å²) in [6.45, 7) is 4.24. The maximum absolute atomic E-state index is 12.0. The van der Waals surface area contributed by atoms with Crippen molar-refractivity contribution in [3.05, 3.63) is 52.4 Å². The molecule has 106 valence electrons. The van der Waals surface area contributed by atoms with Gasteiger partial charge in [-0.25, -0.2) is 0 Å². The van der Waals surface area contributed by atoms with E-state index in [1.54, 1.807) is 12.3 Å². The molecule has 0 spiro atoms. The molecule has 0 fully saturated rings. The number of benzene rings is 1. The molecule has 2 aromatic rings. The van der Waals surface area contributed by atoms with Gasteiger partial charge in [0.25, 0.3) is 0 Å². The van der Waals surface area contributed by atoms with E-state index < -0.39 is 0 Å². The van der Waals surface area contributed by atoms with Crippen molar-refractivity contribution in [2.45, 2.75) is 26.4 Å². The predicted molar refractivity (Wildman–Crippen MR) is 82.5 cm³/mol. The lowest BCUT2D eigenvalue weighted by Gasteiger charge is -2.15. The molecule has 5 heteroatoms. The highest BCUT2D eigenvalue weighted by Crippen LogP contribution is 2.21. The number of hydrogen-bond donors (Lipinski definition) is 2. The Hall–Kier alpha value is -1.75. The second-order valence-corrected chi connectivity index (χ2v) is 5.48. The Balaban J connectivity index is 1.88. The highest BCUT2D eigenvalue weighted by molar-refractivity contribution is 9.10. The second-order valence-electron chi connectivity index (χ2n) is 4.63. The molecule has 4 nitrogen and oxygen atoms in total. The normalized spacial score (nSPS) is 11.9. The fourth-order valence-corrected chi connectivity index (χ4v) is 2.12. The summed E-state index contributed by atoms with van der Waals surface area (Å²) < 4.78 is 6.19. The van der Waals surface area contributed by atoms with Crippen LogP contribution in [0, 0.1) is 6.92 Å². The molecule has 1 atom stereocenters. The Kier molecular flexibility index (Phi) is 4.84. The summed E-state index contributed by atoms with van der Waals surface area (Å²) in [4.78, 5) is 12.0. The maximum Gasteiger partial charge on any atom is 0.242 e. The first-order chi connectivity index (χ1) is 9.56. The van der Waals surface area contributed by atoms with Gasteiger partial charge >= 0.3 is 0 Å². The van der Waals surface area contributed by atoms with Crippen molar-refractivity contribution in [1.29, 1.82) is 0 Å². The van der Waals surface area contributed by atoms with Crippen LogP contribution in [0.5, 0.6) is 0 Å². The highest BCUT2D eigenvalue weighted by Gasteiger charge is 2.12. The molecule has 1 amide bonds. The molecule has 0 saturated heterocycles. The zero-order valence-corrected chi connectivity index (χ0v) is 13.0. The van der Waals surface area contributed by atoms with E-state index in [0.29, 0.717) is 6.54 Å². The molecule has 0 bridgehead atoms. The first kappa shape index (κ1) is 14.7. The second kappa shape index (κ2) is 6.61. The van der Waals surface area contributed by atoms with Gasteiger partial charge in [0.15, 0.2) is 0 Å². The molecule has 2 N–H and O–H groups in total. The first-order valence-electron chi connectivity index (χ1n) is 6.39.